The van der Waals surface area contributed by atoms with E-state index < -0.39 is 10.8 Å². The third kappa shape index (κ3) is 2.22. The van der Waals surface area contributed by atoms with Crippen molar-refractivity contribution in [3.63, 3.8) is 0 Å². The molecular formula is C12H10N2O4. The lowest BCUT2D eigenvalue weighted by Crippen LogP contribution is -2.13. The van der Waals surface area contributed by atoms with Crippen molar-refractivity contribution >= 4 is 17.3 Å². The van der Waals surface area contributed by atoms with Crippen molar-refractivity contribution < 1.29 is 14.1 Å². The SMILES string of the molecule is Cc1occc1C(=O)Nc1ccccc1[N+](=O)[O-]. The lowest BCUT2D eigenvalue weighted by molar-refractivity contribution is -0.383. The number of benzene rings is 1. The molecule has 1 heterocycles. The molecule has 0 radical (unpaired) electrons. The Morgan fingerprint density at radius 1 is 1.33 bits per heavy atom. The van der Waals surface area contributed by atoms with E-state index >= 15 is 0 Å². The number of anilines is 1. The van der Waals surface area contributed by atoms with Crippen LogP contribution < -0.4 is 5.32 Å². The highest BCUT2D eigenvalue weighted by Crippen LogP contribution is 2.24. The van der Waals surface area contributed by atoms with Crippen molar-refractivity contribution in [1.82, 2.24) is 0 Å². The highest BCUT2D eigenvalue weighted by molar-refractivity contribution is 6.05. The smallest absolute Gasteiger partial charge is 0.292 e. The summed E-state index contributed by atoms with van der Waals surface area (Å²) < 4.78 is 5.01. The number of nitro benzene ring substituents is 1. The van der Waals surface area contributed by atoms with Crippen molar-refractivity contribution in [2.45, 2.75) is 6.92 Å². The van der Waals surface area contributed by atoms with Crippen molar-refractivity contribution in [3.05, 3.63) is 58.0 Å². The molecule has 2 aromatic rings. The third-order valence-electron chi connectivity index (χ3n) is 2.45. The Morgan fingerprint density at radius 3 is 2.67 bits per heavy atom. The largest absolute Gasteiger partial charge is 0.469 e. The van der Waals surface area contributed by atoms with Gasteiger partial charge in [-0.25, -0.2) is 0 Å². The molecule has 0 aliphatic rings. The minimum atomic E-state index is -0.544. The number of nitro groups is 1. The molecule has 0 aliphatic heterocycles. The normalized spacial score (nSPS) is 10.1. The highest BCUT2D eigenvalue weighted by atomic mass is 16.6. The van der Waals surface area contributed by atoms with Gasteiger partial charge in [-0.05, 0) is 19.1 Å². The van der Waals surface area contributed by atoms with Gasteiger partial charge in [0, 0.05) is 6.07 Å². The molecule has 0 aliphatic carbocycles. The Kier molecular flexibility index (Phi) is 3.09. The second kappa shape index (κ2) is 4.70. The summed E-state index contributed by atoms with van der Waals surface area (Å²) in [4.78, 5) is 22.1. The lowest BCUT2D eigenvalue weighted by Gasteiger charge is -2.04. The number of para-hydroxylation sites is 2. The van der Waals surface area contributed by atoms with Gasteiger partial charge in [0.05, 0.1) is 16.7 Å². The first-order valence-corrected chi connectivity index (χ1v) is 5.18. The molecule has 18 heavy (non-hydrogen) atoms. The Bertz CT molecular complexity index is 604. The summed E-state index contributed by atoms with van der Waals surface area (Å²) in [5.41, 5.74) is 0.369. The van der Waals surface area contributed by atoms with Crippen LogP contribution in [0.15, 0.2) is 41.0 Å². The third-order valence-corrected chi connectivity index (χ3v) is 2.45. The molecule has 0 saturated heterocycles. The van der Waals surface area contributed by atoms with Crippen LogP contribution in [0.3, 0.4) is 0 Å². The van der Waals surface area contributed by atoms with Crippen LogP contribution in [-0.2, 0) is 0 Å². The van der Waals surface area contributed by atoms with E-state index in [1.807, 2.05) is 0 Å². The first kappa shape index (κ1) is 11.8. The molecule has 0 fully saturated rings. The fraction of sp³-hybridized carbons (Fsp3) is 0.0833. The maximum atomic E-state index is 11.9. The fourth-order valence-electron chi connectivity index (χ4n) is 1.55. The summed E-state index contributed by atoms with van der Waals surface area (Å²) in [5.74, 6) is 0.0293. The van der Waals surface area contributed by atoms with E-state index in [1.54, 1.807) is 13.0 Å². The number of carbonyl (C=O) groups excluding carboxylic acids is 1. The van der Waals surface area contributed by atoms with Crippen LogP contribution in [0.2, 0.25) is 0 Å². The van der Waals surface area contributed by atoms with E-state index in [4.69, 9.17) is 4.42 Å². The standard InChI is InChI=1S/C12H10N2O4/c1-8-9(6-7-18-8)12(15)13-10-4-2-3-5-11(10)14(16)17/h2-7H,1H3,(H,13,15). The molecular weight excluding hydrogens is 236 g/mol. The molecule has 1 amide bonds. The van der Waals surface area contributed by atoms with Gasteiger partial charge in [-0.3, -0.25) is 14.9 Å². The van der Waals surface area contributed by atoms with Gasteiger partial charge < -0.3 is 9.73 Å². The van der Waals surface area contributed by atoms with Crippen LogP contribution in [0.1, 0.15) is 16.1 Å². The summed E-state index contributed by atoms with van der Waals surface area (Å²) in [7, 11) is 0. The second-order valence-electron chi connectivity index (χ2n) is 3.62. The molecule has 1 aromatic heterocycles. The van der Waals surface area contributed by atoms with Crippen molar-refractivity contribution in [3.8, 4) is 0 Å². The zero-order valence-electron chi connectivity index (χ0n) is 9.54. The van der Waals surface area contributed by atoms with E-state index in [1.165, 1.54) is 30.5 Å². The van der Waals surface area contributed by atoms with Gasteiger partial charge in [0.15, 0.2) is 0 Å². The van der Waals surface area contributed by atoms with E-state index in [0.717, 1.165) is 0 Å². The van der Waals surface area contributed by atoms with Crippen LogP contribution >= 0.6 is 0 Å². The number of hydrogen-bond donors (Lipinski definition) is 1. The molecule has 1 N–H and O–H groups in total. The first-order valence-electron chi connectivity index (χ1n) is 5.18. The van der Waals surface area contributed by atoms with Crippen LogP contribution in [0, 0.1) is 17.0 Å². The van der Waals surface area contributed by atoms with Gasteiger partial charge in [-0.1, -0.05) is 12.1 Å². The number of nitrogens with zero attached hydrogens (tertiary/aromatic N) is 1. The number of carbonyl (C=O) groups is 1. The molecule has 2 rings (SSSR count). The van der Waals surface area contributed by atoms with Crippen LogP contribution in [0.25, 0.3) is 0 Å². The number of nitrogens with one attached hydrogen (secondary N) is 1. The van der Waals surface area contributed by atoms with Gasteiger partial charge in [0.25, 0.3) is 11.6 Å². The average molecular weight is 246 g/mol. The lowest BCUT2D eigenvalue weighted by atomic mass is 10.2. The second-order valence-corrected chi connectivity index (χ2v) is 3.62. The van der Waals surface area contributed by atoms with Crippen molar-refractivity contribution in [1.29, 1.82) is 0 Å². The molecule has 6 heteroatoms. The van der Waals surface area contributed by atoms with Crippen molar-refractivity contribution in [2.75, 3.05) is 5.32 Å². The predicted molar refractivity (Wildman–Crippen MR) is 64.5 cm³/mol. The average Bonchev–Trinajstić information content (AvgIpc) is 2.76. The van der Waals surface area contributed by atoms with E-state index in [9.17, 15) is 14.9 Å². The summed E-state index contributed by atoms with van der Waals surface area (Å²) in [6, 6.07) is 7.48. The maximum Gasteiger partial charge on any atom is 0.292 e. The molecule has 92 valence electrons. The molecule has 0 bridgehead atoms. The Hall–Kier alpha value is -2.63. The molecule has 0 unspecified atom stereocenters. The minimum absolute atomic E-state index is 0.146. The van der Waals surface area contributed by atoms with Crippen molar-refractivity contribution in [2.24, 2.45) is 0 Å². The van der Waals surface area contributed by atoms with E-state index in [-0.39, 0.29) is 11.4 Å². The van der Waals surface area contributed by atoms with Gasteiger partial charge >= 0.3 is 0 Å². The zero-order valence-corrected chi connectivity index (χ0v) is 9.54. The van der Waals surface area contributed by atoms with Gasteiger partial charge in [-0.2, -0.15) is 0 Å². The van der Waals surface area contributed by atoms with Gasteiger partial charge in [0.1, 0.15) is 11.4 Å². The Balaban J connectivity index is 2.28. The number of hydrogen-bond acceptors (Lipinski definition) is 4. The number of furan rings is 1. The predicted octanol–water partition coefficient (Wildman–Crippen LogP) is 2.75. The topological polar surface area (TPSA) is 85.4 Å². The molecule has 6 nitrogen and oxygen atoms in total. The van der Waals surface area contributed by atoms with Crippen LogP contribution in [0.5, 0.6) is 0 Å². The molecule has 1 aromatic carbocycles. The molecule has 0 saturated carbocycles. The number of aryl methyl sites for hydroxylation is 1. The number of amides is 1. The van der Waals surface area contributed by atoms with E-state index in [2.05, 4.69) is 5.32 Å². The monoisotopic (exact) mass is 246 g/mol. The Labute approximate surface area is 102 Å². The quantitative estimate of drug-likeness (QED) is 0.666. The van der Waals surface area contributed by atoms with Crippen LogP contribution in [0.4, 0.5) is 11.4 Å². The highest BCUT2D eigenvalue weighted by Gasteiger charge is 2.17. The van der Waals surface area contributed by atoms with E-state index in [0.29, 0.717) is 11.3 Å². The summed E-state index contributed by atoms with van der Waals surface area (Å²) in [6.07, 6.45) is 1.39. The van der Waals surface area contributed by atoms with Crippen LogP contribution in [-0.4, -0.2) is 10.8 Å². The maximum absolute atomic E-state index is 11.9. The number of rotatable bonds is 3. The minimum Gasteiger partial charge on any atom is -0.469 e. The summed E-state index contributed by atoms with van der Waals surface area (Å²) in [6.45, 7) is 1.65. The summed E-state index contributed by atoms with van der Waals surface area (Å²) >= 11 is 0. The zero-order chi connectivity index (χ0) is 13.1. The fourth-order valence-corrected chi connectivity index (χ4v) is 1.55. The summed E-state index contributed by atoms with van der Waals surface area (Å²) in [5, 5.41) is 13.3. The van der Waals surface area contributed by atoms with Gasteiger partial charge in [0.2, 0.25) is 0 Å². The molecule has 0 atom stereocenters. The van der Waals surface area contributed by atoms with Gasteiger partial charge in [-0.15, -0.1) is 0 Å². The molecule has 0 spiro atoms. The first-order chi connectivity index (χ1) is 8.59. The Morgan fingerprint density at radius 2 is 2.06 bits per heavy atom.